The number of nitrogens with one attached hydrogen (secondary N) is 1. The van der Waals surface area contributed by atoms with Crippen molar-refractivity contribution >= 4 is 27.5 Å². The van der Waals surface area contributed by atoms with Crippen molar-refractivity contribution in [3.8, 4) is 5.75 Å². The minimum atomic E-state index is -4.18. The summed E-state index contributed by atoms with van der Waals surface area (Å²) in [5.41, 5.74) is 0.903. The predicted octanol–water partition coefficient (Wildman–Crippen LogP) is 4.61. The molecule has 0 aliphatic heterocycles. The van der Waals surface area contributed by atoms with Gasteiger partial charge < -0.3 is 15.0 Å². The van der Waals surface area contributed by atoms with Gasteiger partial charge in [0.1, 0.15) is 24.2 Å². The maximum Gasteiger partial charge on any atom is 0.264 e. The molecule has 0 aliphatic carbocycles. The summed E-state index contributed by atoms with van der Waals surface area (Å²) >= 11 is 0. The molecule has 0 saturated heterocycles. The maximum atomic E-state index is 14.0. The molecule has 0 aromatic heterocycles. The molecule has 0 bridgehead atoms. The zero-order chi connectivity index (χ0) is 29.3. The van der Waals surface area contributed by atoms with E-state index in [1.165, 1.54) is 60.5 Å². The van der Waals surface area contributed by atoms with Crippen molar-refractivity contribution in [1.29, 1.82) is 0 Å². The van der Waals surface area contributed by atoms with Crippen molar-refractivity contribution in [3.63, 3.8) is 0 Å². The Bertz CT molecular complexity index is 1360. The number of hydrogen-bond acceptors (Lipinski definition) is 5. The van der Waals surface area contributed by atoms with Crippen LogP contribution in [0.1, 0.15) is 32.8 Å². The van der Waals surface area contributed by atoms with Crippen molar-refractivity contribution in [2.24, 2.45) is 5.92 Å². The number of rotatable bonds is 13. The smallest absolute Gasteiger partial charge is 0.264 e. The summed E-state index contributed by atoms with van der Waals surface area (Å²) in [6, 6.07) is 19.0. The Morgan fingerprint density at radius 1 is 0.950 bits per heavy atom. The van der Waals surface area contributed by atoms with E-state index in [1.807, 2.05) is 13.8 Å². The Morgan fingerprint density at radius 2 is 1.57 bits per heavy atom. The Labute approximate surface area is 235 Å². The van der Waals surface area contributed by atoms with Crippen molar-refractivity contribution in [1.82, 2.24) is 10.2 Å². The summed E-state index contributed by atoms with van der Waals surface area (Å²) in [6.45, 7) is 5.59. The molecule has 40 heavy (non-hydrogen) atoms. The standard InChI is InChI=1S/C30H36FN3O5S/c1-5-28(30(36)32-19-22(2)3)33(20-23-11-13-24(31)14-12-23)29(35)21-34(25-9-7-6-8-10-25)40(37,38)27-17-15-26(39-4)16-18-27/h6-18,22,28H,5,19-21H2,1-4H3,(H,32,36)/t28-/m1/s1. The van der Waals surface area contributed by atoms with E-state index in [0.29, 0.717) is 30.0 Å². The van der Waals surface area contributed by atoms with E-state index in [0.717, 1.165) is 4.31 Å². The number of amides is 2. The first-order valence-electron chi connectivity index (χ1n) is 13.1. The molecular formula is C30H36FN3O5S. The predicted molar refractivity (Wildman–Crippen MR) is 153 cm³/mol. The molecule has 3 aromatic carbocycles. The minimum Gasteiger partial charge on any atom is -0.497 e. The van der Waals surface area contributed by atoms with Crippen molar-refractivity contribution in [2.75, 3.05) is 24.5 Å². The van der Waals surface area contributed by atoms with Crippen LogP contribution in [-0.4, -0.2) is 51.4 Å². The topological polar surface area (TPSA) is 96.0 Å². The molecule has 10 heteroatoms. The van der Waals surface area contributed by atoms with E-state index < -0.39 is 34.3 Å². The van der Waals surface area contributed by atoms with E-state index in [1.54, 1.807) is 37.3 Å². The van der Waals surface area contributed by atoms with Crippen molar-refractivity contribution in [3.05, 3.63) is 90.2 Å². The third-order valence-corrected chi connectivity index (χ3v) is 8.10. The van der Waals surface area contributed by atoms with Gasteiger partial charge in [0.25, 0.3) is 10.0 Å². The molecule has 0 spiro atoms. The van der Waals surface area contributed by atoms with Gasteiger partial charge in [0.15, 0.2) is 0 Å². The molecule has 3 rings (SSSR count). The average molecular weight is 570 g/mol. The number of sulfonamides is 1. The fourth-order valence-electron chi connectivity index (χ4n) is 4.13. The van der Waals surface area contributed by atoms with E-state index in [9.17, 15) is 22.4 Å². The summed E-state index contributed by atoms with van der Waals surface area (Å²) in [6.07, 6.45) is 0.299. The first kappa shape index (κ1) is 30.6. The van der Waals surface area contributed by atoms with Gasteiger partial charge in [-0.1, -0.05) is 51.1 Å². The Kier molecular flexibility index (Phi) is 10.7. The van der Waals surface area contributed by atoms with Crippen LogP contribution in [0.2, 0.25) is 0 Å². The summed E-state index contributed by atoms with van der Waals surface area (Å²) in [4.78, 5) is 28.5. The molecule has 0 fully saturated rings. The maximum absolute atomic E-state index is 14.0. The van der Waals surface area contributed by atoms with Crippen LogP contribution in [-0.2, 0) is 26.2 Å². The lowest BCUT2D eigenvalue weighted by Gasteiger charge is -2.33. The highest BCUT2D eigenvalue weighted by atomic mass is 32.2. The lowest BCUT2D eigenvalue weighted by atomic mass is 10.1. The van der Waals surface area contributed by atoms with Crippen LogP contribution in [0.4, 0.5) is 10.1 Å². The summed E-state index contributed by atoms with van der Waals surface area (Å²) in [7, 11) is -2.70. The van der Waals surface area contributed by atoms with Crippen LogP contribution >= 0.6 is 0 Å². The lowest BCUT2D eigenvalue weighted by molar-refractivity contribution is -0.140. The van der Waals surface area contributed by atoms with Gasteiger partial charge in [0.05, 0.1) is 17.7 Å². The first-order chi connectivity index (χ1) is 19.1. The lowest BCUT2D eigenvalue weighted by Crippen LogP contribution is -2.52. The van der Waals surface area contributed by atoms with Gasteiger partial charge in [-0.25, -0.2) is 12.8 Å². The third kappa shape index (κ3) is 7.81. The third-order valence-electron chi connectivity index (χ3n) is 6.31. The highest BCUT2D eigenvalue weighted by Gasteiger charge is 2.33. The Balaban J connectivity index is 2.01. The number of benzene rings is 3. The van der Waals surface area contributed by atoms with E-state index in [2.05, 4.69) is 5.32 Å². The summed E-state index contributed by atoms with van der Waals surface area (Å²) in [5, 5.41) is 2.88. The number of halogens is 1. The minimum absolute atomic E-state index is 0.00205. The fraction of sp³-hybridized carbons (Fsp3) is 0.333. The largest absolute Gasteiger partial charge is 0.497 e. The first-order valence-corrected chi connectivity index (χ1v) is 14.5. The van der Waals surface area contributed by atoms with Gasteiger partial charge in [-0.3, -0.25) is 13.9 Å². The van der Waals surface area contributed by atoms with Crippen LogP contribution in [0.5, 0.6) is 5.75 Å². The summed E-state index contributed by atoms with van der Waals surface area (Å²) in [5.74, 6) is -0.646. The fourth-order valence-corrected chi connectivity index (χ4v) is 5.54. The molecule has 0 heterocycles. The molecule has 0 saturated carbocycles. The molecular weight excluding hydrogens is 533 g/mol. The normalized spacial score (nSPS) is 12.1. The van der Waals surface area contributed by atoms with Gasteiger partial charge in [0.2, 0.25) is 11.8 Å². The molecule has 1 N–H and O–H groups in total. The molecule has 1 atom stereocenters. The van der Waals surface area contributed by atoms with Crippen molar-refractivity contribution in [2.45, 2.75) is 44.7 Å². The van der Waals surface area contributed by atoms with Crippen LogP contribution in [0.25, 0.3) is 0 Å². The highest BCUT2D eigenvalue weighted by Crippen LogP contribution is 2.26. The van der Waals surface area contributed by atoms with Crippen LogP contribution in [0.3, 0.4) is 0 Å². The van der Waals surface area contributed by atoms with Crippen LogP contribution in [0, 0.1) is 11.7 Å². The number of anilines is 1. The molecule has 2 amide bonds. The zero-order valence-corrected chi connectivity index (χ0v) is 24.0. The van der Waals surface area contributed by atoms with E-state index in [4.69, 9.17) is 4.74 Å². The Morgan fingerprint density at radius 3 is 2.12 bits per heavy atom. The average Bonchev–Trinajstić information content (AvgIpc) is 2.95. The number of ether oxygens (including phenoxy) is 1. The summed E-state index contributed by atoms with van der Waals surface area (Å²) < 4.78 is 47.4. The van der Waals surface area contributed by atoms with Gasteiger partial charge in [-0.15, -0.1) is 0 Å². The van der Waals surface area contributed by atoms with Crippen molar-refractivity contribution < 1.29 is 27.1 Å². The van der Waals surface area contributed by atoms with Gasteiger partial charge >= 0.3 is 0 Å². The molecule has 8 nitrogen and oxygen atoms in total. The molecule has 0 unspecified atom stereocenters. The second-order valence-electron chi connectivity index (χ2n) is 9.73. The quantitative estimate of drug-likeness (QED) is 0.324. The van der Waals surface area contributed by atoms with Gasteiger partial charge in [-0.2, -0.15) is 0 Å². The second-order valence-corrected chi connectivity index (χ2v) is 11.6. The SMILES string of the molecule is CC[C@H](C(=O)NCC(C)C)N(Cc1ccc(F)cc1)C(=O)CN(c1ccccc1)S(=O)(=O)c1ccc(OC)cc1. The number of methoxy groups -OCH3 is 1. The number of nitrogens with zero attached hydrogens (tertiary/aromatic N) is 2. The number of hydrogen-bond donors (Lipinski definition) is 1. The zero-order valence-electron chi connectivity index (χ0n) is 23.2. The van der Waals surface area contributed by atoms with E-state index in [-0.39, 0.29) is 23.3 Å². The number of para-hydroxylation sites is 1. The number of carbonyl (C=O) groups is 2. The van der Waals surface area contributed by atoms with Crippen LogP contribution < -0.4 is 14.4 Å². The molecule has 0 radical (unpaired) electrons. The van der Waals surface area contributed by atoms with Crippen LogP contribution in [0.15, 0.2) is 83.8 Å². The van der Waals surface area contributed by atoms with Gasteiger partial charge in [-0.05, 0) is 66.4 Å². The second kappa shape index (κ2) is 13.9. The Hall–Kier alpha value is -3.92. The number of carbonyl (C=O) groups excluding carboxylic acids is 2. The molecule has 214 valence electrons. The van der Waals surface area contributed by atoms with E-state index >= 15 is 0 Å². The molecule has 0 aliphatic rings. The molecule has 3 aromatic rings. The monoisotopic (exact) mass is 569 g/mol. The highest BCUT2D eigenvalue weighted by molar-refractivity contribution is 7.92. The van der Waals surface area contributed by atoms with Gasteiger partial charge in [0, 0.05) is 13.1 Å².